The van der Waals surface area contributed by atoms with Crippen LogP contribution >= 0.6 is 11.3 Å². The molecule has 0 saturated carbocycles. The van der Waals surface area contributed by atoms with Crippen LogP contribution in [-0.4, -0.2) is 5.84 Å². The van der Waals surface area contributed by atoms with Gasteiger partial charge >= 0.3 is 0 Å². The molecular formula is C12H15N3S. The number of nitrogens with two attached hydrogens (primary N) is 1. The highest BCUT2D eigenvalue weighted by Crippen LogP contribution is 2.41. The highest BCUT2D eigenvalue weighted by atomic mass is 32.1. The normalized spacial score (nSPS) is 23.2. The molecule has 0 aromatic carbocycles. The van der Waals surface area contributed by atoms with E-state index in [0.717, 1.165) is 22.9 Å². The maximum absolute atomic E-state index is 6.00. The molecule has 2 heterocycles. The summed E-state index contributed by atoms with van der Waals surface area (Å²) in [6, 6.07) is 0. The molecule has 1 aromatic heterocycles. The minimum absolute atomic E-state index is 0.630. The van der Waals surface area contributed by atoms with Gasteiger partial charge in [-0.3, -0.25) is 0 Å². The number of amidine groups is 1. The highest BCUT2D eigenvalue weighted by Gasteiger charge is 2.27. The van der Waals surface area contributed by atoms with Crippen LogP contribution in [0.3, 0.4) is 0 Å². The van der Waals surface area contributed by atoms with Gasteiger partial charge in [-0.15, -0.1) is 11.3 Å². The molecule has 0 radical (unpaired) electrons. The van der Waals surface area contributed by atoms with Gasteiger partial charge in [-0.1, -0.05) is 13.5 Å². The molecule has 1 atom stereocenters. The third-order valence-corrected chi connectivity index (χ3v) is 4.45. The van der Waals surface area contributed by atoms with Crippen LogP contribution in [0, 0.1) is 5.92 Å². The fourth-order valence-corrected chi connectivity index (χ4v) is 3.91. The van der Waals surface area contributed by atoms with Crippen molar-refractivity contribution >= 4 is 22.2 Å². The number of nitrogens with zero attached hydrogens (tertiary/aromatic N) is 1. The second-order valence-electron chi connectivity index (χ2n) is 4.62. The Morgan fingerprint density at radius 2 is 2.38 bits per heavy atom. The lowest BCUT2D eigenvalue weighted by atomic mass is 9.88. The van der Waals surface area contributed by atoms with Crippen molar-refractivity contribution in [1.29, 1.82) is 0 Å². The molecule has 0 saturated heterocycles. The van der Waals surface area contributed by atoms with Crippen molar-refractivity contribution in [3.63, 3.8) is 0 Å². The summed E-state index contributed by atoms with van der Waals surface area (Å²) in [6.45, 7) is 6.12. The first-order chi connectivity index (χ1) is 7.65. The highest BCUT2D eigenvalue weighted by molar-refractivity contribution is 7.16. The van der Waals surface area contributed by atoms with Crippen molar-refractivity contribution in [2.24, 2.45) is 16.6 Å². The maximum atomic E-state index is 6.00. The largest absolute Gasteiger partial charge is 0.383 e. The van der Waals surface area contributed by atoms with E-state index in [0.29, 0.717) is 11.7 Å². The number of fused-ring (bicyclic) bond motifs is 3. The van der Waals surface area contributed by atoms with Crippen molar-refractivity contribution in [2.75, 3.05) is 5.32 Å². The first kappa shape index (κ1) is 9.90. The van der Waals surface area contributed by atoms with E-state index in [4.69, 9.17) is 5.73 Å². The Labute approximate surface area is 99.1 Å². The average Bonchev–Trinajstić information content (AvgIpc) is 2.54. The lowest BCUT2D eigenvalue weighted by Gasteiger charge is -2.19. The predicted octanol–water partition coefficient (Wildman–Crippen LogP) is 2.47. The molecule has 16 heavy (non-hydrogen) atoms. The Hall–Kier alpha value is -1.29. The molecule has 3 N–H and O–H groups in total. The van der Waals surface area contributed by atoms with Gasteiger partial charge in [0.05, 0.1) is 5.56 Å². The van der Waals surface area contributed by atoms with Crippen LogP contribution in [0.15, 0.2) is 17.4 Å². The van der Waals surface area contributed by atoms with Crippen LogP contribution in [0.4, 0.5) is 5.00 Å². The van der Waals surface area contributed by atoms with E-state index in [1.54, 1.807) is 0 Å². The number of hydrogen-bond acceptors (Lipinski definition) is 4. The molecule has 1 unspecified atom stereocenters. The summed E-state index contributed by atoms with van der Waals surface area (Å²) in [5.74, 6) is 2.07. The summed E-state index contributed by atoms with van der Waals surface area (Å²) in [5, 5.41) is 4.35. The number of nitrogens with one attached hydrogen (secondary N) is 1. The van der Waals surface area contributed by atoms with E-state index in [9.17, 15) is 0 Å². The monoisotopic (exact) mass is 233 g/mol. The third kappa shape index (κ3) is 1.37. The molecule has 0 amide bonds. The Morgan fingerprint density at radius 3 is 3.19 bits per heavy atom. The quantitative estimate of drug-likeness (QED) is 0.723. The summed E-state index contributed by atoms with van der Waals surface area (Å²) in [7, 11) is 0. The Morgan fingerprint density at radius 1 is 1.56 bits per heavy atom. The summed E-state index contributed by atoms with van der Waals surface area (Å²) >= 11 is 1.82. The zero-order valence-electron chi connectivity index (χ0n) is 9.34. The Balaban J connectivity index is 2.14. The van der Waals surface area contributed by atoms with Crippen molar-refractivity contribution in [3.8, 4) is 0 Å². The summed E-state index contributed by atoms with van der Waals surface area (Å²) in [5.41, 5.74) is 8.55. The van der Waals surface area contributed by atoms with Gasteiger partial charge in [0.2, 0.25) is 0 Å². The SMILES string of the molecule is C=C1N=C(N)c2c(sc3c2CCC(C)C3)N1. The molecule has 0 fully saturated rings. The number of anilines is 1. The molecule has 4 heteroatoms. The molecule has 84 valence electrons. The fraction of sp³-hybridized carbons (Fsp3) is 0.417. The molecule has 1 aromatic rings. The van der Waals surface area contributed by atoms with Gasteiger partial charge in [0.25, 0.3) is 0 Å². The number of aliphatic imine (C=N–C) groups is 1. The van der Waals surface area contributed by atoms with Gasteiger partial charge in [-0.2, -0.15) is 0 Å². The van der Waals surface area contributed by atoms with Crippen molar-refractivity contribution in [3.05, 3.63) is 28.4 Å². The van der Waals surface area contributed by atoms with E-state index >= 15 is 0 Å². The molecule has 3 nitrogen and oxygen atoms in total. The van der Waals surface area contributed by atoms with E-state index in [1.165, 1.54) is 23.3 Å². The minimum atomic E-state index is 0.630. The van der Waals surface area contributed by atoms with Gasteiger partial charge in [0.1, 0.15) is 16.7 Å². The van der Waals surface area contributed by atoms with Crippen LogP contribution < -0.4 is 11.1 Å². The zero-order valence-corrected chi connectivity index (χ0v) is 10.2. The fourth-order valence-electron chi connectivity index (χ4n) is 2.47. The van der Waals surface area contributed by atoms with Gasteiger partial charge in [-0.25, -0.2) is 4.99 Å². The van der Waals surface area contributed by atoms with Gasteiger partial charge in [0.15, 0.2) is 0 Å². The summed E-state index contributed by atoms with van der Waals surface area (Å²) in [6.07, 6.45) is 3.56. The molecular weight excluding hydrogens is 218 g/mol. The second kappa shape index (κ2) is 3.35. The third-order valence-electron chi connectivity index (χ3n) is 3.28. The zero-order chi connectivity index (χ0) is 11.3. The summed E-state index contributed by atoms with van der Waals surface area (Å²) < 4.78 is 0. The molecule has 1 aliphatic carbocycles. The van der Waals surface area contributed by atoms with E-state index < -0.39 is 0 Å². The molecule has 3 rings (SSSR count). The Bertz CT molecular complexity index is 499. The van der Waals surface area contributed by atoms with Gasteiger partial charge < -0.3 is 11.1 Å². The van der Waals surface area contributed by atoms with Crippen LogP contribution in [0.5, 0.6) is 0 Å². The smallest absolute Gasteiger partial charge is 0.136 e. The van der Waals surface area contributed by atoms with Crippen LogP contribution in [0.2, 0.25) is 0 Å². The van der Waals surface area contributed by atoms with Crippen molar-refractivity contribution in [1.82, 2.24) is 0 Å². The first-order valence-corrected chi connectivity index (χ1v) is 6.42. The number of thiophene rings is 1. The molecule has 0 bridgehead atoms. The van der Waals surface area contributed by atoms with E-state index in [1.807, 2.05) is 11.3 Å². The average molecular weight is 233 g/mol. The van der Waals surface area contributed by atoms with E-state index in [2.05, 4.69) is 23.8 Å². The van der Waals surface area contributed by atoms with Crippen LogP contribution in [-0.2, 0) is 12.8 Å². The van der Waals surface area contributed by atoms with Crippen molar-refractivity contribution < 1.29 is 0 Å². The molecule has 2 aliphatic rings. The van der Waals surface area contributed by atoms with Crippen LogP contribution in [0.1, 0.15) is 29.3 Å². The summed E-state index contributed by atoms with van der Waals surface area (Å²) in [4.78, 5) is 5.69. The standard InChI is InChI=1S/C12H15N3S/c1-6-3-4-8-9(5-6)16-12-10(8)11(13)14-7(2)15-12/h6,15H,2-5H2,1H3,(H2,13,14). The van der Waals surface area contributed by atoms with E-state index in [-0.39, 0.29) is 0 Å². The first-order valence-electron chi connectivity index (χ1n) is 5.60. The number of hydrogen-bond donors (Lipinski definition) is 2. The van der Waals surface area contributed by atoms with Crippen LogP contribution in [0.25, 0.3) is 0 Å². The maximum Gasteiger partial charge on any atom is 0.136 e. The lowest BCUT2D eigenvalue weighted by molar-refractivity contribution is 0.507. The van der Waals surface area contributed by atoms with Crippen molar-refractivity contribution in [2.45, 2.75) is 26.2 Å². The lowest BCUT2D eigenvalue weighted by Crippen LogP contribution is -2.22. The molecule has 1 aliphatic heterocycles. The number of rotatable bonds is 0. The molecule has 0 spiro atoms. The minimum Gasteiger partial charge on any atom is -0.383 e. The van der Waals surface area contributed by atoms with Gasteiger partial charge in [-0.05, 0) is 30.7 Å². The second-order valence-corrected chi connectivity index (χ2v) is 5.73. The predicted molar refractivity (Wildman–Crippen MR) is 69.0 cm³/mol. The Kier molecular flexibility index (Phi) is 2.07. The topological polar surface area (TPSA) is 50.4 Å². The van der Waals surface area contributed by atoms with Gasteiger partial charge in [0, 0.05) is 4.88 Å².